The topological polar surface area (TPSA) is 50.9 Å². The van der Waals surface area contributed by atoms with Gasteiger partial charge in [-0.15, -0.1) is 0 Å². The highest BCUT2D eigenvalue weighted by atomic mass is 15.3. The third-order valence-electron chi connectivity index (χ3n) is 5.25. The summed E-state index contributed by atoms with van der Waals surface area (Å²) in [6.07, 6.45) is 9.43. The Morgan fingerprint density at radius 3 is 2.88 bits per heavy atom. The number of likely N-dealkylation sites (tertiary alicyclic amines) is 1. The summed E-state index contributed by atoms with van der Waals surface area (Å²) in [7, 11) is 4.29. The number of hydrogen-bond acceptors (Lipinski definition) is 4. The first-order valence-electron chi connectivity index (χ1n) is 9.04. The van der Waals surface area contributed by atoms with Gasteiger partial charge in [-0.05, 0) is 57.8 Å². The van der Waals surface area contributed by atoms with E-state index in [-0.39, 0.29) is 0 Å². The molecule has 3 rings (SSSR count). The lowest BCUT2D eigenvalue weighted by atomic mass is 9.87. The van der Waals surface area contributed by atoms with Crippen molar-refractivity contribution in [3.05, 3.63) is 36.4 Å². The van der Waals surface area contributed by atoms with E-state index in [2.05, 4.69) is 47.5 Å². The molecule has 3 atom stereocenters. The second-order valence-corrected chi connectivity index (χ2v) is 7.07. The average molecular weight is 330 g/mol. The highest BCUT2D eigenvalue weighted by Gasteiger charge is 2.32. The van der Waals surface area contributed by atoms with Crippen LogP contribution in [0, 0.1) is 5.92 Å². The molecule has 0 saturated carbocycles. The molecule has 3 heterocycles. The van der Waals surface area contributed by atoms with Gasteiger partial charge in [-0.25, -0.2) is 0 Å². The molecule has 132 valence electrons. The molecule has 0 bridgehead atoms. The molecular formula is C18H30N6. The lowest BCUT2D eigenvalue weighted by Crippen LogP contribution is -2.43. The summed E-state index contributed by atoms with van der Waals surface area (Å²) >= 11 is 0. The first-order valence-corrected chi connectivity index (χ1v) is 9.04. The standard InChI is InChI=1S/C18H30N6/c1-15(8-13-24-12-5-9-21-24)19-14-16-6-4-11-22(2)18(16)17-7-10-20-23(17)3/h5,7,9-10,12,15-16,18-19H,4,6,8,11,13-14H2,1-3H3/t15-,16-,18+/m0/s1. The molecule has 6 nitrogen and oxygen atoms in total. The van der Waals surface area contributed by atoms with Gasteiger partial charge in [-0.2, -0.15) is 10.2 Å². The van der Waals surface area contributed by atoms with Crippen LogP contribution in [0.3, 0.4) is 0 Å². The van der Waals surface area contributed by atoms with Gasteiger partial charge in [0, 0.05) is 44.8 Å². The van der Waals surface area contributed by atoms with Gasteiger partial charge in [-0.3, -0.25) is 14.3 Å². The first kappa shape index (κ1) is 17.2. The Kier molecular flexibility index (Phi) is 5.68. The number of aromatic nitrogens is 4. The third kappa shape index (κ3) is 4.05. The molecular weight excluding hydrogens is 300 g/mol. The number of nitrogens with one attached hydrogen (secondary N) is 1. The van der Waals surface area contributed by atoms with Crippen molar-refractivity contribution in [2.45, 2.75) is 44.8 Å². The molecule has 0 spiro atoms. The summed E-state index contributed by atoms with van der Waals surface area (Å²) in [5, 5.41) is 12.4. The van der Waals surface area contributed by atoms with Crippen LogP contribution in [0.1, 0.15) is 37.9 Å². The Morgan fingerprint density at radius 2 is 2.17 bits per heavy atom. The van der Waals surface area contributed by atoms with E-state index >= 15 is 0 Å². The number of rotatable bonds is 7. The van der Waals surface area contributed by atoms with E-state index in [4.69, 9.17) is 0 Å². The maximum absolute atomic E-state index is 4.37. The van der Waals surface area contributed by atoms with E-state index in [0.29, 0.717) is 18.0 Å². The summed E-state index contributed by atoms with van der Waals surface area (Å²) in [4.78, 5) is 2.49. The smallest absolute Gasteiger partial charge is 0.0555 e. The maximum Gasteiger partial charge on any atom is 0.0555 e. The molecule has 0 radical (unpaired) electrons. The van der Waals surface area contributed by atoms with Crippen LogP contribution in [-0.4, -0.2) is 50.6 Å². The van der Waals surface area contributed by atoms with Gasteiger partial charge in [0.1, 0.15) is 0 Å². The zero-order chi connectivity index (χ0) is 16.9. The van der Waals surface area contributed by atoms with Crippen LogP contribution in [0.2, 0.25) is 0 Å². The van der Waals surface area contributed by atoms with Crippen molar-refractivity contribution >= 4 is 0 Å². The lowest BCUT2D eigenvalue weighted by Gasteiger charge is -2.39. The van der Waals surface area contributed by atoms with Crippen LogP contribution < -0.4 is 5.32 Å². The normalized spacial score (nSPS) is 23.5. The van der Waals surface area contributed by atoms with Gasteiger partial charge in [-0.1, -0.05) is 0 Å². The van der Waals surface area contributed by atoms with Crippen LogP contribution in [0.15, 0.2) is 30.7 Å². The summed E-state index contributed by atoms with van der Waals surface area (Å²) < 4.78 is 4.03. The van der Waals surface area contributed by atoms with Gasteiger partial charge in [0.2, 0.25) is 0 Å². The van der Waals surface area contributed by atoms with Crippen molar-refractivity contribution < 1.29 is 0 Å². The van der Waals surface area contributed by atoms with Crippen LogP contribution in [0.25, 0.3) is 0 Å². The van der Waals surface area contributed by atoms with Gasteiger partial charge >= 0.3 is 0 Å². The van der Waals surface area contributed by atoms with Crippen molar-refractivity contribution in [1.82, 2.24) is 29.8 Å². The van der Waals surface area contributed by atoms with Crippen molar-refractivity contribution in [2.75, 3.05) is 20.1 Å². The highest BCUT2D eigenvalue weighted by Crippen LogP contribution is 2.34. The molecule has 1 aliphatic heterocycles. The van der Waals surface area contributed by atoms with E-state index in [0.717, 1.165) is 19.5 Å². The molecule has 1 N–H and O–H groups in total. The Morgan fingerprint density at radius 1 is 1.29 bits per heavy atom. The summed E-state index contributed by atoms with van der Waals surface area (Å²) in [6, 6.07) is 5.10. The maximum atomic E-state index is 4.37. The quantitative estimate of drug-likeness (QED) is 0.844. The fraction of sp³-hybridized carbons (Fsp3) is 0.667. The fourth-order valence-corrected chi connectivity index (χ4v) is 3.83. The van der Waals surface area contributed by atoms with E-state index in [1.54, 1.807) is 0 Å². The number of aryl methyl sites for hydroxylation is 2. The predicted octanol–water partition coefficient (Wildman–Crippen LogP) is 2.07. The molecule has 0 aromatic carbocycles. The van der Waals surface area contributed by atoms with Crippen LogP contribution in [0.5, 0.6) is 0 Å². The number of piperidine rings is 1. The van der Waals surface area contributed by atoms with E-state index in [1.165, 1.54) is 25.1 Å². The summed E-state index contributed by atoms with van der Waals surface area (Å²) in [5.74, 6) is 0.631. The molecule has 2 aromatic rings. The zero-order valence-electron chi connectivity index (χ0n) is 15.1. The van der Waals surface area contributed by atoms with Crippen molar-refractivity contribution in [2.24, 2.45) is 13.0 Å². The largest absolute Gasteiger partial charge is 0.314 e. The van der Waals surface area contributed by atoms with Gasteiger partial charge in [0.15, 0.2) is 0 Å². The second kappa shape index (κ2) is 7.94. The Balaban J connectivity index is 1.55. The van der Waals surface area contributed by atoms with Gasteiger partial charge in [0.05, 0.1) is 11.7 Å². The predicted molar refractivity (Wildman–Crippen MR) is 95.6 cm³/mol. The summed E-state index contributed by atoms with van der Waals surface area (Å²) in [5.41, 5.74) is 1.33. The van der Waals surface area contributed by atoms with Gasteiger partial charge < -0.3 is 5.32 Å². The Labute approximate surface area is 144 Å². The monoisotopic (exact) mass is 330 g/mol. The molecule has 24 heavy (non-hydrogen) atoms. The summed E-state index contributed by atoms with van der Waals surface area (Å²) in [6.45, 7) is 5.47. The molecule has 0 unspecified atom stereocenters. The van der Waals surface area contributed by atoms with E-state index in [9.17, 15) is 0 Å². The minimum atomic E-state index is 0.456. The van der Waals surface area contributed by atoms with Crippen LogP contribution in [0.4, 0.5) is 0 Å². The van der Waals surface area contributed by atoms with Crippen LogP contribution in [-0.2, 0) is 13.6 Å². The minimum Gasteiger partial charge on any atom is -0.314 e. The first-order chi connectivity index (χ1) is 11.6. The molecule has 1 saturated heterocycles. The van der Waals surface area contributed by atoms with E-state index < -0.39 is 0 Å². The molecule has 6 heteroatoms. The number of nitrogens with zero attached hydrogens (tertiary/aromatic N) is 5. The van der Waals surface area contributed by atoms with Gasteiger partial charge in [0.25, 0.3) is 0 Å². The lowest BCUT2D eigenvalue weighted by molar-refractivity contribution is 0.111. The Bertz CT molecular complexity index is 605. The van der Waals surface area contributed by atoms with Crippen molar-refractivity contribution in [3.63, 3.8) is 0 Å². The highest BCUT2D eigenvalue weighted by molar-refractivity contribution is 5.10. The third-order valence-corrected chi connectivity index (χ3v) is 5.25. The van der Waals surface area contributed by atoms with Crippen LogP contribution >= 0.6 is 0 Å². The molecule has 2 aromatic heterocycles. The molecule has 0 aliphatic carbocycles. The molecule has 0 amide bonds. The molecule has 1 aliphatic rings. The second-order valence-electron chi connectivity index (χ2n) is 7.07. The zero-order valence-corrected chi connectivity index (χ0v) is 15.1. The average Bonchev–Trinajstić information content (AvgIpc) is 3.23. The SMILES string of the molecule is C[C@@H](CCn1cccn1)NC[C@@H]1CCCN(C)[C@H]1c1ccnn1C. The Hall–Kier alpha value is -1.66. The molecule has 1 fully saturated rings. The van der Waals surface area contributed by atoms with Crippen molar-refractivity contribution in [1.29, 1.82) is 0 Å². The van der Waals surface area contributed by atoms with E-state index in [1.807, 2.05) is 34.0 Å². The minimum absolute atomic E-state index is 0.456. The number of hydrogen-bond donors (Lipinski definition) is 1. The van der Waals surface area contributed by atoms with Crippen molar-refractivity contribution in [3.8, 4) is 0 Å². The fourth-order valence-electron chi connectivity index (χ4n) is 3.83.